The third-order valence-corrected chi connectivity index (χ3v) is 4.04. The molecular weight excluding hydrogens is 326 g/mol. The largest absolute Gasteiger partial charge is 0.484 e. The van der Waals surface area contributed by atoms with E-state index in [1.807, 2.05) is 37.3 Å². The maximum atomic E-state index is 11.8. The number of amides is 1. The van der Waals surface area contributed by atoms with Gasteiger partial charge in [0.25, 0.3) is 5.91 Å². The molecule has 124 valence electrons. The van der Waals surface area contributed by atoms with E-state index in [0.717, 1.165) is 22.4 Å². The van der Waals surface area contributed by atoms with Crippen LogP contribution in [0.4, 0.5) is 0 Å². The molecule has 24 heavy (non-hydrogen) atoms. The first-order chi connectivity index (χ1) is 11.6. The average molecular weight is 344 g/mol. The van der Waals surface area contributed by atoms with Gasteiger partial charge < -0.3 is 15.0 Å². The van der Waals surface area contributed by atoms with Gasteiger partial charge in [-0.15, -0.1) is 0 Å². The van der Waals surface area contributed by atoms with E-state index in [0.29, 0.717) is 23.7 Å². The number of fused-ring (bicyclic) bond motifs is 1. The molecular formula is C18H18ClN3O2. The normalized spacial score (nSPS) is 10.8. The van der Waals surface area contributed by atoms with E-state index in [-0.39, 0.29) is 12.5 Å². The Morgan fingerprint density at radius 2 is 2.12 bits per heavy atom. The number of aromatic amines is 1. The summed E-state index contributed by atoms with van der Waals surface area (Å²) in [4.78, 5) is 19.5. The van der Waals surface area contributed by atoms with Crippen molar-refractivity contribution in [3.8, 4) is 5.75 Å². The number of H-pyrrole nitrogens is 1. The van der Waals surface area contributed by atoms with Gasteiger partial charge in [0.1, 0.15) is 11.6 Å². The van der Waals surface area contributed by atoms with Crippen molar-refractivity contribution in [1.29, 1.82) is 0 Å². The Kier molecular flexibility index (Phi) is 5.01. The van der Waals surface area contributed by atoms with Crippen LogP contribution in [0.15, 0.2) is 42.5 Å². The highest BCUT2D eigenvalue weighted by Crippen LogP contribution is 2.21. The van der Waals surface area contributed by atoms with Gasteiger partial charge in [0.05, 0.1) is 11.0 Å². The van der Waals surface area contributed by atoms with E-state index in [2.05, 4.69) is 15.3 Å². The number of aromatic nitrogens is 2. The number of hydrogen-bond acceptors (Lipinski definition) is 3. The number of carbonyl (C=O) groups excluding carboxylic acids is 1. The maximum absolute atomic E-state index is 11.8. The minimum Gasteiger partial charge on any atom is -0.484 e. The highest BCUT2D eigenvalue weighted by molar-refractivity contribution is 6.31. The van der Waals surface area contributed by atoms with E-state index >= 15 is 0 Å². The summed E-state index contributed by atoms with van der Waals surface area (Å²) in [5, 5.41) is 3.44. The lowest BCUT2D eigenvalue weighted by molar-refractivity contribution is -0.123. The second-order valence-electron chi connectivity index (χ2n) is 5.50. The van der Waals surface area contributed by atoms with Crippen molar-refractivity contribution in [3.05, 3.63) is 58.9 Å². The zero-order valence-electron chi connectivity index (χ0n) is 13.3. The van der Waals surface area contributed by atoms with E-state index in [9.17, 15) is 4.79 Å². The van der Waals surface area contributed by atoms with Crippen LogP contribution < -0.4 is 10.1 Å². The van der Waals surface area contributed by atoms with Gasteiger partial charge >= 0.3 is 0 Å². The number of benzene rings is 2. The molecule has 0 radical (unpaired) electrons. The van der Waals surface area contributed by atoms with Gasteiger partial charge in [0.2, 0.25) is 0 Å². The first kappa shape index (κ1) is 16.3. The lowest BCUT2D eigenvalue weighted by Crippen LogP contribution is -2.30. The highest BCUT2D eigenvalue weighted by Gasteiger charge is 2.06. The molecule has 0 fully saturated rings. The molecule has 0 saturated carbocycles. The van der Waals surface area contributed by atoms with Gasteiger partial charge in [-0.2, -0.15) is 0 Å². The van der Waals surface area contributed by atoms with Crippen LogP contribution in [-0.2, 0) is 11.2 Å². The molecule has 0 unspecified atom stereocenters. The Hall–Kier alpha value is -2.53. The fourth-order valence-electron chi connectivity index (χ4n) is 2.31. The molecule has 0 aliphatic rings. The van der Waals surface area contributed by atoms with Crippen LogP contribution in [0.1, 0.15) is 11.4 Å². The van der Waals surface area contributed by atoms with E-state index in [1.54, 1.807) is 12.1 Å². The van der Waals surface area contributed by atoms with Crippen LogP contribution in [-0.4, -0.2) is 29.0 Å². The molecule has 0 atom stereocenters. The van der Waals surface area contributed by atoms with Crippen LogP contribution in [0.5, 0.6) is 5.75 Å². The van der Waals surface area contributed by atoms with E-state index in [1.165, 1.54) is 0 Å². The van der Waals surface area contributed by atoms with Gasteiger partial charge in [-0.05, 0) is 36.8 Å². The number of hydrogen-bond donors (Lipinski definition) is 2. The number of nitrogens with one attached hydrogen (secondary N) is 2. The molecule has 0 spiro atoms. The smallest absolute Gasteiger partial charge is 0.257 e. The molecule has 0 aliphatic heterocycles. The molecule has 0 saturated heterocycles. The maximum Gasteiger partial charge on any atom is 0.257 e. The summed E-state index contributed by atoms with van der Waals surface area (Å²) >= 11 is 6.02. The summed E-state index contributed by atoms with van der Waals surface area (Å²) in [6.45, 7) is 2.37. The summed E-state index contributed by atoms with van der Waals surface area (Å²) in [6.07, 6.45) is 0.636. The number of nitrogens with zero attached hydrogens (tertiary/aromatic N) is 1. The molecule has 3 aromatic rings. The van der Waals surface area contributed by atoms with Gasteiger partial charge in [-0.25, -0.2) is 4.98 Å². The van der Waals surface area contributed by atoms with E-state index in [4.69, 9.17) is 16.3 Å². The quantitative estimate of drug-likeness (QED) is 0.722. The number of carbonyl (C=O) groups is 1. The number of imidazole rings is 1. The van der Waals surface area contributed by atoms with Crippen LogP contribution in [0.25, 0.3) is 11.0 Å². The highest BCUT2D eigenvalue weighted by atomic mass is 35.5. The lowest BCUT2D eigenvalue weighted by atomic mass is 10.2. The van der Waals surface area contributed by atoms with Crippen LogP contribution in [0.2, 0.25) is 5.02 Å². The number of halogens is 1. The molecule has 5 nitrogen and oxygen atoms in total. The van der Waals surface area contributed by atoms with E-state index < -0.39 is 0 Å². The number of aryl methyl sites for hydroxylation is 1. The van der Waals surface area contributed by atoms with Crippen molar-refractivity contribution >= 4 is 28.5 Å². The molecule has 1 aromatic heterocycles. The average Bonchev–Trinajstić information content (AvgIpc) is 2.98. The third kappa shape index (κ3) is 4.06. The topological polar surface area (TPSA) is 67.0 Å². The zero-order chi connectivity index (χ0) is 16.9. The minimum atomic E-state index is -0.178. The second-order valence-corrected chi connectivity index (χ2v) is 5.91. The molecule has 1 heterocycles. The third-order valence-electron chi connectivity index (χ3n) is 3.64. The van der Waals surface area contributed by atoms with Gasteiger partial charge in [-0.1, -0.05) is 29.8 Å². The minimum absolute atomic E-state index is 0.0421. The molecule has 6 heteroatoms. The monoisotopic (exact) mass is 343 g/mol. The fourth-order valence-corrected chi connectivity index (χ4v) is 2.48. The molecule has 2 aromatic carbocycles. The second kappa shape index (κ2) is 7.36. The Bertz CT molecular complexity index is 827. The molecule has 3 rings (SSSR count). The zero-order valence-corrected chi connectivity index (χ0v) is 14.1. The standard InChI is InChI=1S/C18H18ClN3O2/c1-12-6-7-13(10-14(12)19)24-11-18(23)20-9-8-17-21-15-4-2-3-5-16(15)22-17/h2-7,10H,8-9,11H2,1H3,(H,20,23)(H,21,22). The summed E-state index contributed by atoms with van der Waals surface area (Å²) < 4.78 is 5.43. The Labute approximate surface area is 145 Å². The molecule has 1 amide bonds. The number of rotatable bonds is 6. The predicted molar refractivity (Wildman–Crippen MR) is 94.5 cm³/mol. The SMILES string of the molecule is Cc1ccc(OCC(=O)NCCc2nc3ccccc3[nH]2)cc1Cl. The number of ether oxygens (including phenoxy) is 1. The van der Waals surface area contributed by atoms with Crippen molar-refractivity contribution in [2.45, 2.75) is 13.3 Å². The van der Waals surface area contributed by atoms with Gasteiger partial charge in [0.15, 0.2) is 6.61 Å². The fraction of sp³-hybridized carbons (Fsp3) is 0.222. The van der Waals surface area contributed by atoms with Gasteiger partial charge in [-0.3, -0.25) is 4.79 Å². The summed E-state index contributed by atoms with van der Waals surface area (Å²) in [5.74, 6) is 1.25. The molecule has 0 aliphatic carbocycles. The van der Waals surface area contributed by atoms with Crippen LogP contribution >= 0.6 is 11.6 Å². The van der Waals surface area contributed by atoms with Crippen molar-refractivity contribution < 1.29 is 9.53 Å². The first-order valence-corrected chi connectivity index (χ1v) is 8.09. The number of para-hydroxylation sites is 2. The first-order valence-electron chi connectivity index (χ1n) is 7.71. The predicted octanol–water partition coefficient (Wildman–Crippen LogP) is 3.26. The lowest BCUT2D eigenvalue weighted by Gasteiger charge is -2.08. The summed E-state index contributed by atoms with van der Waals surface area (Å²) in [7, 11) is 0. The Balaban J connectivity index is 1.44. The van der Waals surface area contributed by atoms with Crippen LogP contribution in [0.3, 0.4) is 0 Å². The van der Waals surface area contributed by atoms with Crippen molar-refractivity contribution in [3.63, 3.8) is 0 Å². The molecule has 2 N–H and O–H groups in total. The van der Waals surface area contributed by atoms with Crippen molar-refractivity contribution in [2.75, 3.05) is 13.2 Å². The van der Waals surface area contributed by atoms with Gasteiger partial charge in [0, 0.05) is 18.0 Å². The summed E-state index contributed by atoms with van der Waals surface area (Å²) in [6, 6.07) is 13.2. The Morgan fingerprint density at radius 3 is 2.92 bits per heavy atom. The van der Waals surface area contributed by atoms with Crippen LogP contribution in [0, 0.1) is 6.92 Å². The molecule has 0 bridgehead atoms. The van der Waals surface area contributed by atoms with Crippen molar-refractivity contribution in [2.24, 2.45) is 0 Å². The van der Waals surface area contributed by atoms with Crippen molar-refractivity contribution in [1.82, 2.24) is 15.3 Å². The Morgan fingerprint density at radius 1 is 1.29 bits per heavy atom. The summed E-state index contributed by atoms with van der Waals surface area (Å²) in [5.41, 5.74) is 2.90.